The van der Waals surface area contributed by atoms with Gasteiger partial charge in [0.1, 0.15) is 5.75 Å². The van der Waals surface area contributed by atoms with Crippen molar-refractivity contribution in [3.8, 4) is 5.75 Å². The maximum absolute atomic E-state index is 12.2. The predicted octanol–water partition coefficient (Wildman–Crippen LogP) is 2.75. The van der Waals surface area contributed by atoms with Gasteiger partial charge in [-0.3, -0.25) is 4.79 Å². The van der Waals surface area contributed by atoms with E-state index in [1.807, 2.05) is 13.0 Å². The number of aryl methyl sites for hydroxylation is 1. The average Bonchev–Trinajstić information content (AvgIpc) is 2.49. The predicted molar refractivity (Wildman–Crippen MR) is 85.0 cm³/mol. The maximum Gasteiger partial charge on any atom is 0.255 e. The van der Waals surface area contributed by atoms with Gasteiger partial charge in [-0.1, -0.05) is 24.6 Å². The van der Waals surface area contributed by atoms with Crippen molar-refractivity contribution in [1.29, 1.82) is 0 Å². The number of rotatable bonds is 4. The van der Waals surface area contributed by atoms with Gasteiger partial charge >= 0.3 is 0 Å². The summed E-state index contributed by atoms with van der Waals surface area (Å²) < 4.78 is 23.7. The molecule has 1 amide bonds. The lowest BCUT2D eigenvalue weighted by molar-refractivity contribution is 0.102. The minimum Gasteiger partial charge on any atom is -0.506 e. The minimum atomic E-state index is -3.41. The Balaban J connectivity index is 2.33. The van der Waals surface area contributed by atoms with Crippen LogP contribution in [0.2, 0.25) is 0 Å². The molecule has 6 heteroatoms. The number of phenolic OH excluding ortho intramolecular Hbond substituents is 1. The molecule has 0 bridgehead atoms. The summed E-state index contributed by atoms with van der Waals surface area (Å²) in [5.41, 5.74) is 1.43. The molecule has 0 atom stereocenters. The molecule has 0 aliphatic carbocycles. The normalized spacial score (nSPS) is 11.2. The van der Waals surface area contributed by atoms with Gasteiger partial charge in [-0.05, 0) is 37.3 Å². The molecule has 116 valence electrons. The first-order valence-electron chi connectivity index (χ1n) is 6.77. The van der Waals surface area contributed by atoms with E-state index in [0.29, 0.717) is 5.56 Å². The van der Waals surface area contributed by atoms with E-state index in [9.17, 15) is 18.3 Å². The molecular weight excluding hydrogens is 302 g/mol. The van der Waals surface area contributed by atoms with Gasteiger partial charge in [0, 0.05) is 5.56 Å². The topological polar surface area (TPSA) is 83.5 Å². The Morgan fingerprint density at radius 3 is 2.55 bits per heavy atom. The molecule has 2 aromatic rings. The number of phenols is 1. The Kier molecular flexibility index (Phi) is 4.51. The van der Waals surface area contributed by atoms with Crippen LogP contribution in [0.25, 0.3) is 0 Å². The third-order valence-corrected chi connectivity index (χ3v) is 4.97. The first kappa shape index (κ1) is 16.0. The summed E-state index contributed by atoms with van der Waals surface area (Å²) in [7, 11) is -3.41. The van der Waals surface area contributed by atoms with Crippen molar-refractivity contribution in [3.05, 3.63) is 53.6 Å². The monoisotopic (exact) mass is 319 g/mol. The zero-order valence-corrected chi connectivity index (χ0v) is 13.1. The first-order chi connectivity index (χ1) is 10.3. The van der Waals surface area contributed by atoms with Crippen molar-refractivity contribution in [2.24, 2.45) is 0 Å². The Labute approximate surface area is 129 Å². The van der Waals surface area contributed by atoms with Crippen molar-refractivity contribution in [2.45, 2.75) is 18.7 Å². The highest BCUT2D eigenvalue weighted by Gasteiger charge is 2.15. The molecule has 2 N–H and O–H groups in total. The van der Waals surface area contributed by atoms with E-state index >= 15 is 0 Å². The molecule has 0 aromatic heterocycles. The summed E-state index contributed by atoms with van der Waals surface area (Å²) in [6.45, 7) is 3.40. The summed E-state index contributed by atoms with van der Waals surface area (Å²) >= 11 is 0. The molecule has 22 heavy (non-hydrogen) atoms. The van der Waals surface area contributed by atoms with Crippen molar-refractivity contribution in [2.75, 3.05) is 11.1 Å². The van der Waals surface area contributed by atoms with Crippen LogP contribution in [0, 0.1) is 6.92 Å². The second kappa shape index (κ2) is 6.19. The van der Waals surface area contributed by atoms with Crippen LogP contribution in [-0.2, 0) is 9.84 Å². The number of hydrogen-bond donors (Lipinski definition) is 2. The molecule has 0 fully saturated rings. The molecule has 0 spiro atoms. The van der Waals surface area contributed by atoms with Gasteiger partial charge in [0.15, 0.2) is 9.84 Å². The van der Waals surface area contributed by atoms with Crippen LogP contribution in [-0.4, -0.2) is 25.2 Å². The van der Waals surface area contributed by atoms with Gasteiger partial charge < -0.3 is 10.4 Å². The molecule has 5 nitrogen and oxygen atoms in total. The smallest absolute Gasteiger partial charge is 0.255 e. The van der Waals surface area contributed by atoms with Crippen LogP contribution in [0.3, 0.4) is 0 Å². The van der Waals surface area contributed by atoms with E-state index in [2.05, 4.69) is 5.32 Å². The molecule has 0 aliphatic heterocycles. The highest BCUT2D eigenvalue weighted by molar-refractivity contribution is 7.91. The fourth-order valence-electron chi connectivity index (χ4n) is 1.96. The summed E-state index contributed by atoms with van der Waals surface area (Å²) in [5.74, 6) is -0.649. The molecule has 0 unspecified atom stereocenters. The standard InChI is InChI=1S/C16H17NO4S/c1-3-22(20,21)13-7-8-15(18)14(10-13)17-16(19)12-6-4-5-11(2)9-12/h4-10,18H,3H2,1-2H3,(H,17,19). The SMILES string of the molecule is CCS(=O)(=O)c1ccc(O)c(NC(=O)c2cccc(C)c2)c1. The van der Waals surface area contributed by atoms with Gasteiger partial charge in [-0.25, -0.2) is 8.42 Å². The zero-order chi connectivity index (χ0) is 16.3. The largest absolute Gasteiger partial charge is 0.506 e. The Morgan fingerprint density at radius 1 is 1.18 bits per heavy atom. The highest BCUT2D eigenvalue weighted by atomic mass is 32.2. The Bertz CT molecular complexity index is 813. The van der Waals surface area contributed by atoms with Crippen LogP contribution < -0.4 is 5.32 Å². The lowest BCUT2D eigenvalue weighted by atomic mass is 10.1. The van der Waals surface area contributed by atoms with Crippen molar-refractivity contribution in [3.63, 3.8) is 0 Å². The number of anilines is 1. The number of amides is 1. The molecular formula is C16H17NO4S. The van der Waals surface area contributed by atoms with Crippen molar-refractivity contribution < 1.29 is 18.3 Å². The fraction of sp³-hybridized carbons (Fsp3) is 0.188. The summed E-state index contributed by atoms with van der Waals surface area (Å²) in [6, 6.07) is 10.8. The van der Waals surface area contributed by atoms with E-state index in [4.69, 9.17) is 0 Å². The van der Waals surface area contributed by atoms with Crippen LogP contribution >= 0.6 is 0 Å². The lowest BCUT2D eigenvalue weighted by Crippen LogP contribution is -2.13. The summed E-state index contributed by atoms with van der Waals surface area (Å²) in [6.07, 6.45) is 0. The van der Waals surface area contributed by atoms with Crippen LogP contribution in [0.5, 0.6) is 5.75 Å². The van der Waals surface area contributed by atoms with Gasteiger partial charge in [0.05, 0.1) is 16.3 Å². The molecule has 2 aromatic carbocycles. The molecule has 0 saturated carbocycles. The van der Waals surface area contributed by atoms with E-state index in [0.717, 1.165) is 5.56 Å². The number of sulfone groups is 1. The van der Waals surface area contributed by atoms with E-state index in [1.165, 1.54) is 25.1 Å². The quantitative estimate of drug-likeness (QED) is 0.849. The molecule has 0 aliphatic rings. The number of hydrogen-bond acceptors (Lipinski definition) is 4. The Morgan fingerprint density at radius 2 is 1.91 bits per heavy atom. The van der Waals surface area contributed by atoms with Crippen molar-refractivity contribution in [1.82, 2.24) is 0 Å². The minimum absolute atomic E-state index is 0.0525. The van der Waals surface area contributed by atoms with Crippen LogP contribution in [0.15, 0.2) is 47.4 Å². The van der Waals surface area contributed by atoms with E-state index in [1.54, 1.807) is 18.2 Å². The van der Waals surface area contributed by atoms with E-state index < -0.39 is 15.7 Å². The second-order valence-electron chi connectivity index (χ2n) is 4.91. The number of carbonyl (C=O) groups excluding carboxylic acids is 1. The maximum atomic E-state index is 12.2. The fourth-order valence-corrected chi connectivity index (χ4v) is 2.86. The summed E-state index contributed by atoms with van der Waals surface area (Å²) in [4.78, 5) is 12.2. The van der Waals surface area contributed by atoms with Gasteiger partial charge in [-0.15, -0.1) is 0 Å². The third-order valence-electron chi connectivity index (χ3n) is 3.24. The van der Waals surface area contributed by atoms with Crippen molar-refractivity contribution >= 4 is 21.4 Å². The van der Waals surface area contributed by atoms with E-state index in [-0.39, 0.29) is 22.1 Å². The Hall–Kier alpha value is -2.34. The number of carbonyl (C=O) groups is 1. The second-order valence-corrected chi connectivity index (χ2v) is 7.18. The number of benzene rings is 2. The summed E-state index contributed by atoms with van der Waals surface area (Å²) in [5, 5.41) is 12.4. The number of aromatic hydroxyl groups is 1. The first-order valence-corrected chi connectivity index (χ1v) is 8.42. The lowest BCUT2D eigenvalue weighted by Gasteiger charge is -2.10. The molecule has 0 radical (unpaired) electrons. The zero-order valence-electron chi connectivity index (χ0n) is 12.3. The molecule has 2 rings (SSSR count). The molecule has 0 heterocycles. The molecule has 0 saturated heterocycles. The third kappa shape index (κ3) is 3.46. The number of nitrogens with one attached hydrogen (secondary N) is 1. The van der Waals surface area contributed by atoms with Crippen LogP contribution in [0.4, 0.5) is 5.69 Å². The average molecular weight is 319 g/mol. The van der Waals surface area contributed by atoms with Gasteiger partial charge in [-0.2, -0.15) is 0 Å². The highest BCUT2D eigenvalue weighted by Crippen LogP contribution is 2.27. The van der Waals surface area contributed by atoms with Crippen LogP contribution in [0.1, 0.15) is 22.8 Å². The van der Waals surface area contributed by atoms with Gasteiger partial charge in [0.25, 0.3) is 5.91 Å². The van der Waals surface area contributed by atoms with Gasteiger partial charge in [0.2, 0.25) is 0 Å².